The van der Waals surface area contributed by atoms with E-state index in [0.717, 1.165) is 0 Å². The Hall–Kier alpha value is -2.63. The zero-order valence-corrected chi connectivity index (χ0v) is 11.2. The molecule has 1 aromatic carbocycles. The second-order valence-corrected chi connectivity index (χ2v) is 4.94. The number of carboxylic acid groups (broad SMARTS) is 2. The lowest BCUT2D eigenvalue weighted by atomic mass is 9.79. The third kappa shape index (κ3) is 3.10. The molecule has 5 nitrogen and oxygen atoms in total. The van der Waals surface area contributed by atoms with Gasteiger partial charge in [-0.3, -0.25) is 4.79 Å². The summed E-state index contributed by atoms with van der Waals surface area (Å²) in [6, 6.07) is 5.09. The summed E-state index contributed by atoms with van der Waals surface area (Å²) >= 11 is 0. The van der Waals surface area contributed by atoms with Gasteiger partial charge in [0.2, 0.25) is 0 Å². The number of benzene rings is 1. The average molecular weight is 292 g/mol. The Labute approximate surface area is 120 Å². The number of halogens is 1. The molecule has 0 saturated carbocycles. The fourth-order valence-corrected chi connectivity index (χ4v) is 1.93. The van der Waals surface area contributed by atoms with Crippen molar-refractivity contribution in [2.24, 2.45) is 5.41 Å². The number of hydrogen-bond acceptors (Lipinski definition) is 3. The summed E-state index contributed by atoms with van der Waals surface area (Å²) in [5.41, 5.74) is -1.42. The van der Waals surface area contributed by atoms with E-state index in [0.29, 0.717) is 0 Å². The molecule has 1 aliphatic carbocycles. The molecule has 0 heterocycles. The van der Waals surface area contributed by atoms with Gasteiger partial charge >= 0.3 is 11.9 Å². The summed E-state index contributed by atoms with van der Waals surface area (Å²) < 4.78 is 18.2. The van der Waals surface area contributed by atoms with Crippen LogP contribution in [-0.4, -0.2) is 22.2 Å². The maximum absolute atomic E-state index is 12.8. The van der Waals surface area contributed by atoms with E-state index in [1.807, 2.05) is 0 Å². The Kier molecular flexibility index (Phi) is 3.80. The van der Waals surface area contributed by atoms with Crippen molar-refractivity contribution in [1.29, 1.82) is 0 Å². The second-order valence-electron chi connectivity index (χ2n) is 4.94. The van der Waals surface area contributed by atoms with E-state index in [1.165, 1.54) is 43.3 Å². The van der Waals surface area contributed by atoms with Crippen molar-refractivity contribution in [2.75, 3.05) is 0 Å². The maximum Gasteiger partial charge on any atom is 0.335 e. The minimum absolute atomic E-state index is 0.0489. The van der Waals surface area contributed by atoms with Crippen LogP contribution >= 0.6 is 0 Å². The normalized spacial score (nSPS) is 21.2. The fraction of sp³-hybridized carbons (Fsp3) is 0.200. The molecule has 1 aliphatic rings. The van der Waals surface area contributed by atoms with Crippen molar-refractivity contribution in [3.05, 3.63) is 53.6 Å². The highest BCUT2D eigenvalue weighted by molar-refractivity contribution is 5.91. The highest BCUT2D eigenvalue weighted by Crippen LogP contribution is 2.35. The first-order chi connectivity index (χ1) is 9.82. The molecule has 0 aliphatic heterocycles. The zero-order valence-electron chi connectivity index (χ0n) is 11.2. The van der Waals surface area contributed by atoms with E-state index in [-0.39, 0.29) is 23.5 Å². The topological polar surface area (TPSA) is 83.8 Å². The van der Waals surface area contributed by atoms with Crippen LogP contribution in [0.3, 0.4) is 0 Å². The molecule has 0 aromatic heterocycles. The van der Waals surface area contributed by atoms with Crippen molar-refractivity contribution >= 4 is 11.9 Å². The van der Waals surface area contributed by atoms with Gasteiger partial charge in [0.05, 0.1) is 11.0 Å². The smallest absolute Gasteiger partial charge is 0.335 e. The lowest BCUT2D eigenvalue weighted by Gasteiger charge is -2.26. The van der Waals surface area contributed by atoms with Crippen molar-refractivity contribution in [3.8, 4) is 5.75 Å². The minimum Gasteiger partial charge on any atom is -0.481 e. The third-order valence-corrected chi connectivity index (χ3v) is 3.23. The van der Waals surface area contributed by atoms with E-state index < -0.39 is 23.2 Å². The largest absolute Gasteiger partial charge is 0.481 e. The van der Waals surface area contributed by atoms with Crippen molar-refractivity contribution in [3.63, 3.8) is 0 Å². The van der Waals surface area contributed by atoms with Gasteiger partial charge in [-0.1, -0.05) is 6.08 Å². The van der Waals surface area contributed by atoms with Crippen LogP contribution in [0.5, 0.6) is 5.75 Å². The Morgan fingerprint density at radius 3 is 2.38 bits per heavy atom. The van der Waals surface area contributed by atoms with Crippen LogP contribution in [0.2, 0.25) is 0 Å². The molecule has 21 heavy (non-hydrogen) atoms. The van der Waals surface area contributed by atoms with Crippen molar-refractivity contribution in [2.45, 2.75) is 13.3 Å². The highest BCUT2D eigenvalue weighted by atomic mass is 19.1. The van der Waals surface area contributed by atoms with Gasteiger partial charge in [-0.15, -0.1) is 0 Å². The lowest BCUT2D eigenvalue weighted by Crippen LogP contribution is -2.30. The summed E-state index contributed by atoms with van der Waals surface area (Å²) in [6.07, 6.45) is 2.52. The van der Waals surface area contributed by atoms with Gasteiger partial charge in [0.25, 0.3) is 0 Å². The van der Waals surface area contributed by atoms with Gasteiger partial charge in [-0.25, -0.2) is 9.18 Å². The predicted molar refractivity (Wildman–Crippen MR) is 71.2 cm³/mol. The molecule has 2 N–H and O–H groups in total. The molecule has 0 spiro atoms. The van der Waals surface area contributed by atoms with Crippen LogP contribution in [-0.2, 0) is 9.59 Å². The van der Waals surface area contributed by atoms with E-state index in [4.69, 9.17) is 9.84 Å². The van der Waals surface area contributed by atoms with Gasteiger partial charge in [0, 0.05) is 6.42 Å². The first-order valence-corrected chi connectivity index (χ1v) is 6.14. The van der Waals surface area contributed by atoms with Gasteiger partial charge < -0.3 is 14.9 Å². The monoisotopic (exact) mass is 292 g/mol. The average Bonchev–Trinajstić information content (AvgIpc) is 2.43. The molecule has 0 fully saturated rings. The minimum atomic E-state index is -1.29. The molecule has 2 rings (SSSR count). The molecule has 110 valence electrons. The van der Waals surface area contributed by atoms with E-state index in [1.54, 1.807) is 0 Å². The number of allylic oxidation sites excluding steroid dienone is 1. The Morgan fingerprint density at radius 2 is 1.86 bits per heavy atom. The molecule has 0 bridgehead atoms. The Morgan fingerprint density at radius 1 is 1.24 bits per heavy atom. The molecule has 1 atom stereocenters. The van der Waals surface area contributed by atoms with Crippen LogP contribution in [0.4, 0.5) is 4.39 Å². The summed E-state index contributed by atoms with van der Waals surface area (Å²) in [7, 11) is 0. The third-order valence-electron chi connectivity index (χ3n) is 3.23. The maximum atomic E-state index is 12.8. The van der Waals surface area contributed by atoms with Crippen LogP contribution in [0.25, 0.3) is 0 Å². The standard InChI is InChI=1S/C15H13FO5/c1-15(14(19)20)7-6-12(11(8-15)13(17)18)21-10-4-2-9(16)3-5-10/h2-7H,8H2,1H3,(H,17,18)(H,19,20). The van der Waals surface area contributed by atoms with E-state index in [2.05, 4.69) is 0 Å². The Balaban J connectivity index is 2.32. The van der Waals surface area contributed by atoms with E-state index in [9.17, 15) is 19.1 Å². The summed E-state index contributed by atoms with van der Waals surface area (Å²) in [5, 5.41) is 18.4. The molecule has 1 unspecified atom stereocenters. The fourth-order valence-electron chi connectivity index (χ4n) is 1.93. The molecule has 6 heteroatoms. The van der Waals surface area contributed by atoms with Crippen LogP contribution < -0.4 is 4.74 Å². The predicted octanol–water partition coefficient (Wildman–Crippen LogP) is 2.59. The number of hydrogen-bond donors (Lipinski definition) is 2. The first kappa shape index (κ1) is 14.8. The SMILES string of the molecule is CC1(C(=O)O)C=CC(Oc2ccc(F)cc2)=C(C(=O)O)C1. The number of rotatable bonds is 4. The number of ether oxygens (including phenoxy) is 1. The first-order valence-electron chi connectivity index (χ1n) is 6.14. The zero-order chi connectivity index (χ0) is 15.6. The van der Waals surface area contributed by atoms with Crippen molar-refractivity contribution in [1.82, 2.24) is 0 Å². The summed E-state index contributed by atoms with van der Waals surface area (Å²) in [5.74, 6) is -2.48. The molecular formula is C15H13FO5. The van der Waals surface area contributed by atoms with Gasteiger partial charge in [0.15, 0.2) is 0 Å². The lowest BCUT2D eigenvalue weighted by molar-refractivity contribution is -0.145. The number of carboxylic acids is 2. The molecule has 0 radical (unpaired) electrons. The molecule has 0 amide bonds. The van der Waals surface area contributed by atoms with Gasteiger partial charge in [-0.2, -0.15) is 0 Å². The number of carbonyl (C=O) groups is 2. The Bertz CT molecular complexity index is 645. The van der Waals surface area contributed by atoms with Crippen LogP contribution in [0.15, 0.2) is 47.7 Å². The number of aliphatic carboxylic acids is 2. The summed E-state index contributed by atoms with van der Waals surface area (Å²) in [6.45, 7) is 1.43. The highest BCUT2D eigenvalue weighted by Gasteiger charge is 2.37. The summed E-state index contributed by atoms with van der Waals surface area (Å²) in [4.78, 5) is 22.5. The molecule has 0 saturated heterocycles. The van der Waals surface area contributed by atoms with Gasteiger partial charge in [-0.05, 0) is 37.3 Å². The quantitative estimate of drug-likeness (QED) is 0.891. The van der Waals surface area contributed by atoms with E-state index >= 15 is 0 Å². The molecule has 1 aromatic rings. The second kappa shape index (κ2) is 5.40. The van der Waals surface area contributed by atoms with Crippen molar-refractivity contribution < 1.29 is 28.9 Å². The molecular weight excluding hydrogens is 279 g/mol. The van der Waals surface area contributed by atoms with Gasteiger partial charge in [0.1, 0.15) is 17.3 Å². The van der Waals surface area contributed by atoms with Crippen LogP contribution in [0, 0.1) is 11.2 Å². The van der Waals surface area contributed by atoms with Crippen LogP contribution in [0.1, 0.15) is 13.3 Å².